The molecule has 7 nitrogen and oxygen atoms in total. The summed E-state index contributed by atoms with van der Waals surface area (Å²) in [7, 11) is -3.45. The smallest absolute Gasteiger partial charge is 0.306 e. The largest absolute Gasteiger partial charge is 0.481 e. The third kappa shape index (κ3) is 6.85. The number of halogens is 2. The topological polar surface area (TPSA) is 101 Å². The number of sulfone groups is 1. The van der Waals surface area contributed by atoms with Crippen LogP contribution in [0.3, 0.4) is 0 Å². The minimum absolute atomic E-state index is 0.113. The number of benzene rings is 2. The molecule has 1 aliphatic heterocycles. The number of rotatable bonds is 9. The number of nitrogens with zero attached hydrogens (tertiary/aromatic N) is 1. The molecule has 1 N–H and O–H groups in total. The number of carboxylic acids is 1. The van der Waals surface area contributed by atoms with Gasteiger partial charge in [0.25, 0.3) is 5.91 Å². The molecule has 1 amide bonds. The second-order valence-electron chi connectivity index (χ2n) is 10.2. The van der Waals surface area contributed by atoms with Crippen LogP contribution in [-0.2, 0) is 24.2 Å². The molecule has 10 heteroatoms. The van der Waals surface area contributed by atoms with Crippen molar-refractivity contribution in [3.8, 4) is 0 Å². The number of hydrogen-bond acceptors (Lipinski definition) is 5. The van der Waals surface area contributed by atoms with Crippen LogP contribution in [0.25, 0.3) is 0 Å². The maximum Gasteiger partial charge on any atom is 0.306 e. The van der Waals surface area contributed by atoms with Gasteiger partial charge in [-0.25, -0.2) is 8.42 Å². The van der Waals surface area contributed by atoms with E-state index in [4.69, 9.17) is 27.9 Å². The molecule has 2 aromatic carbocycles. The first kappa shape index (κ1) is 29.4. The van der Waals surface area contributed by atoms with E-state index in [1.165, 1.54) is 0 Å². The zero-order valence-electron chi connectivity index (χ0n) is 21.4. The molecule has 0 bridgehead atoms. The van der Waals surface area contributed by atoms with Gasteiger partial charge in [0, 0.05) is 16.1 Å². The molecular formula is C27H33Cl2NO6S. The van der Waals surface area contributed by atoms with Gasteiger partial charge in [-0.1, -0.05) is 54.4 Å². The average molecular weight is 571 g/mol. The van der Waals surface area contributed by atoms with E-state index in [2.05, 4.69) is 0 Å². The molecule has 0 saturated carbocycles. The molecule has 1 saturated heterocycles. The summed E-state index contributed by atoms with van der Waals surface area (Å²) in [6.45, 7) is 6.84. The molecule has 0 radical (unpaired) electrons. The van der Waals surface area contributed by atoms with Crippen molar-refractivity contribution in [1.82, 2.24) is 4.90 Å². The summed E-state index contributed by atoms with van der Waals surface area (Å²) < 4.78 is 31.1. The van der Waals surface area contributed by atoms with Gasteiger partial charge in [-0.05, 0) is 69.0 Å². The van der Waals surface area contributed by atoms with Crippen molar-refractivity contribution in [2.24, 2.45) is 0 Å². The van der Waals surface area contributed by atoms with E-state index < -0.39 is 57.2 Å². The van der Waals surface area contributed by atoms with Crippen molar-refractivity contribution in [2.45, 2.75) is 76.0 Å². The maximum absolute atomic E-state index is 13.8. The first-order chi connectivity index (χ1) is 17.2. The normalized spacial score (nSPS) is 21.6. The molecule has 3 rings (SSSR count). The molecule has 0 spiro atoms. The molecule has 1 heterocycles. The van der Waals surface area contributed by atoms with Crippen LogP contribution in [0.1, 0.15) is 70.2 Å². The molecule has 202 valence electrons. The van der Waals surface area contributed by atoms with Gasteiger partial charge in [-0.2, -0.15) is 0 Å². The number of carboxylic acid groups (broad SMARTS) is 1. The van der Waals surface area contributed by atoms with E-state index in [0.29, 0.717) is 22.0 Å². The highest BCUT2D eigenvalue weighted by molar-refractivity contribution is 7.92. The Kier molecular flexibility index (Phi) is 9.32. The van der Waals surface area contributed by atoms with E-state index in [-0.39, 0.29) is 12.2 Å². The second-order valence-corrected chi connectivity index (χ2v) is 14.0. The number of amides is 1. The van der Waals surface area contributed by atoms with Crippen LogP contribution in [0.4, 0.5) is 0 Å². The van der Waals surface area contributed by atoms with E-state index in [1.807, 2.05) is 13.0 Å². The molecule has 0 aromatic heterocycles. The van der Waals surface area contributed by atoms with E-state index in [0.717, 1.165) is 5.56 Å². The lowest BCUT2D eigenvalue weighted by molar-refractivity contribution is -0.183. The Morgan fingerprint density at radius 3 is 2.27 bits per heavy atom. The molecule has 4 atom stereocenters. The number of hydrogen-bond donors (Lipinski definition) is 1. The highest BCUT2D eigenvalue weighted by Gasteiger charge is 2.47. The fourth-order valence-corrected chi connectivity index (χ4v) is 6.06. The minimum Gasteiger partial charge on any atom is -0.481 e. The van der Waals surface area contributed by atoms with Gasteiger partial charge in [-0.3, -0.25) is 9.59 Å². The summed E-state index contributed by atoms with van der Waals surface area (Å²) in [5.41, 5.74) is 1.41. The number of ether oxygens (including phenoxy) is 1. The summed E-state index contributed by atoms with van der Waals surface area (Å²) in [6, 6.07) is 12.9. The Morgan fingerprint density at radius 2 is 1.73 bits per heavy atom. The fraction of sp³-hybridized carbons (Fsp3) is 0.481. The standard InChI is InChI=1S/C27H33Cl2NO6S/c1-5-21(13-14-37(34,35)27(2,3)4)30-24(17-9-11-19(28)12-10-17)25(18-7-6-8-20(29)15-18)36-22(26(30)33)16-23(31)32/h6-12,15,21-22,24-25H,5,13-14,16H2,1-4H3,(H,31,32)/t21?,22-,24-,25-/m1/s1. The Hall–Kier alpha value is -2.13. The number of aliphatic carboxylic acids is 1. The Balaban J connectivity index is 2.14. The highest BCUT2D eigenvalue weighted by Crippen LogP contribution is 2.45. The van der Waals surface area contributed by atoms with Gasteiger partial charge >= 0.3 is 5.97 Å². The van der Waals surface area contributed by atoms with Crippen LogP contribution in [0, 0.1) is 0 Å². The van der Waals surface area contributed by atoms with E-state index >= 15 is 0 Å². The molecule has 1 unspecified atom stereocenters. The van der Waals surface area contributed by atoms with Crippen molar-refractivity contribution in [3.63, 3.8) is 0 Å². The number of carbonyl (C=O) groups is 2. The van der Waals surface area contributed by atoms with Crippen molar-refractivity contribution < 1.29 is 27.9 Å². The molecule has 1 aliphatic rings. The van der Waals surface area contributed by atoms with Crippen molar-refractivity contribution >= 4 is 44.9 Å². The zero-order chi connectivity index (χ0) is 27.5. The van der Waals surface area contributed by atoms with Crippen LogP contribution >= 0.6 is 23.2 Å². The predicted octanol–water partition coefficient (Wildman–Crippen LogP) is 5.86. The number of morpholine rings is 1. The number of carbonyl (C=O) groups excluding carboxylic acids is 1. The predicted molar refractivity (Wildman–Crippen MR) is 145 cm³/mol. The van der Waals surface area contributed by atoms with Crippen LogP contribution in [-0.4, -0.2) is 52.9 Å². The lowest BCUT2D eigenvalue weighted by atomic mass is 9.89. The summed E-state index contributed by atoms with van der Waals surface area (Å²) in [4.78, 5) is 27.1. The quantitative estimate of drug-likeness (QED) is 0.405. The van der Waals surface area contributed by atoms with Gasteiger partial charge in [0.1, 0.15) is 12.2 Å². The summed E-state index contributed by atoms with van der Waals surface area (Å²) in [5.74, 6) is -1.77. The fourth-order valence-electron chi connectivity index (χ4n) is 4.54. The molecule has 1 fully saturated rings. The SMILES string of the molecule is CCC(CCS(=O)(=O)C(C)(C)C)N1C(=O)[C@@H](CC(=O)O)O[C@H](c2cccc(Cl)c2)[C@H]1c1ccc(Cl)cc1. The van der Waals surface area contributed by atoms with Crippen LogP contribution < -0.4 is 0 Å². The second kappa shape index (κ2) is 11.7. The summed E-state index contributed by atoms with van der Waals surface area (Å²) in [5, 5.41) is 10.5. The van der Waals surface area contributed by atoms with Gasteiger partial charge in [0.05, 0.1) is 23.0 Å². The summed E-state index contributed by atoms with van der Waals surface area (Å²) >= 11 is 12.4. The lowest BCUT2D eigenvalue weighted by Gasteiger charge is -2.48. The van der Waals surface area contributed by atoms with Crippen molar-refractivity contribution in [1.29, 1.82) is 0 Å². The molecule has 2 aromatic rings. The Labute approximate surface area is 228 Å². The molecule has 37 heavy (non-hydrogen) atoms. The van der Waals surface area contributed by atoms with E-state index in [1.54, 1.807) is 68.1 Å². The molecular weight excluding hydrogens is 537 g/mol. The van der Waals surface area contributed by atoms with Crippen molar-refractivity contribution in [2.75, 3.05) is 5.75 Å². The third-order valence-electron chi connectivity index (χ3n) is 6.69. The maximum atomic E-state index is 13.8. The van der Waals surface area contributed by atoms with Crippen LogP contribution in [0.15, 0.2) is 48.5 Å². The first-order valence-corrected chi connectivity index (χ1v) is 14.6. The highest BCUT2D eigenvalue weighted by atomic mass is 35.5. The third-order valence-corrected chi connectivity index (χ3v) is 9.82. The Bertz CT molecular complexity index is 1230. The van der Waals surface area contributed by atoms with E-state index in [9.17, 15) is 23.1 Å². The minimum atomic E-state index is -3.45. The van der Waals surface area contributed by atoms with Gasteiger partial charge < -0.3 is 14.7 Å². The monoisotopic (exact) mass is 569 g/mol. The van der Waals surface area contributed by atoms with Crippen LogP contribution in [0.2, 0.25) is 10.0 Å². The van der Waals surface area contributed by atoms with Crippen molar-refractivity contribution in [3.05, 3.63) is 69.7 Å². The lowest BCUT2D eigenvalue weighted by Crippen LogP contribution is -2.55. The summed E-state index contributed by atoms with van der Waals surface area (Å²) in [6.07, 6.45) is -1.82. The average Bonchev–Trinajstić information content (AvgIpc) is 2.81. The van der Waals surface area contributed by atoms with Gasteiger partial charge in [0.2, 0.25) is 0 Å². The Morgan fingerprint density at radius 1 is 1.08 bits per heavy atom. The first-order valence-electron chi connectivity index (χ1n) is 12.2. The van der Waals surface area contributed by atoms with Crippen LogP contribution in [0.5, 0.6) is 0 Å². The van der Waals surface area contributed by atoms with Gasteiger partial charge in [-0.15, -0.1) is 0 Å². The van der Waals surface area contributed by atoms with Gasteiger partial charge in [0.15, 0.2) is 9.84 Å². The molecule has 0 aliphatic carbocycles. The zero-order valence-corrected chi connectivity index (χ0v) is 23.7.